The number of hydrogen-bond acceptors (Lipinski definition) is 6. The van der Waals surface area contributed by atoms with Crippen molar-refractivity contribution in [2.75, 3.05) is 26.8 Å². The first kappa shape index (κ1) is 25.1. The Hall–Kier alpha value is -2.59. The first-order valence-corrected chi connectivity index (χ1v) is 14.5. The SMILES string of the molecule is COc1cccc(OCC2c3ccsc3CCN2C(=O)CN(C2CC2)S(=O)(=O)c2ccc(Cl)cc2)c1. The monoisotopic (exact) mass is 546 g/mol. The number of hydrogen-bond donors (Lipinski definition) is 0. The number of carbonyl (C=O) groups is 1. The number of halogens is 1. The van der Waals surface area contributed by atoms with Gasteiger partial charge in [-0.3, -0.25) is 4.79 Å². The minimum absolute atomic E-state index is 0.142. The molecule has 1 aliphatic heterocycles. The molecule has 1 saturated carbocycles. The molecule has 2 heterocycles. The molecule has 190 valence electrons. The largest absolute Gasteiger partial charge is 0.497 e. The van der Waals surface area contributed by atoms with Crippen molar-refractivity contribution in [2.24, 2.45) is 0 Å². The van der Waals surface area contributed by atoms with Crippen LogP contribution in [0.4, 0.5) is 0 Å². The van der Waals surface area contributed by atoms with Crippen LogP contribution in [0.3, 0.4) is 0 Å². The first-order chi connectivity index (χ1) is 17.4. The molecule has 2 aromatic carbocycles. The fourth-order valence-corrected chi connectivity index (χ4v) is 7.17. The van der Waals surface area contributed by atoms with Crippen molar-refractivity contribution < 1.29 is 22.7 Å². The van der Waals surface area contributed by atoms with E-state index in [4.69, 9.17) is 21.1 Å². The van der Waals surface area contributed by atoms with Crippen LogP contribution in [-0.2, 0) is 21.2 Å². The summed E-state index contributed by atoms with van der Waals surface area (Å²) in [4.78, 5) is 16.8. The van der Waals surface area contributed by atoms with Crippen molar-refractivity contribution in [1.82, 2.24) is 9.21 Å². The fraction of sp³-hybridized carbons (Fsp3) is 0.346. The lowest BCUT2D eigenvalue weighted by atomic mass is 10.0. The highest BCUT2D eigenvalue weighted by Gasteiger charge is 2.41. The number of benzene rings is 2. The molecule has 1 amide bonds. The lowest BCUT2D eigenvalue weighted by molar-refractivity contribution is -0.135. The van der Waals surface area contributed by atoms with Gasteiger partial charge < -0.3 is 14.4 Å². The van der Waals surface area contributed by atoms with Gasteiger partial charge in [-0.2, -0.15) is 4.31 Å². The maximum absolute atomic E-state index is 13.7. The zero-order chi connectivity index (χ0) is 25.3. The molecule has 0 N–H and O–H groups in total. The van der Waals surface area contributed by atoms with E-state index in [-0.39, 0.29) is 36.0 Å². The van der Waals surface area contributed by atoms with Crippen LogP contribution in [0.15, 0.2) is 64.9 Å². The number of amides is 1. The Morgan fingerprint density at radius 1 is 1.14 bits per heavy atom. The van der Waals surface area contributed by atoms with Crippen molar-refractivity contribution in [2.45, 2.75) is 36.2 Å². The molecule has 1 aliphatic carbocycles. The van der Waals surface area contributed by atoms with Gasteiger partial charge in [0, 0.05) is 28.6 Å². The van der Waals surface area contributed by atoms with Crippen molar-refractivity contribution in [3.8, 4) is 11.5 Å². The van der Waals surface area contributed by atoms with Gasteiger partial charge in [0.2, 0.25) is 15.9 Å². The van der Waals surface area contributed by atoms with Crippen molar-refractivity contribution in [3.63, 3.8) is 0 Å². The second kappa shape index (κ2) is 10.4. The quantitative estimate of drug-likeness (QED) is 0.386. The van der Waals surface area contributed by atoms with Gasteiger partial charge in [0.05, 0.1) is 24.6 Å². The molecule has 0 saturated heterocycles. The second-order valence-corrected chi connectivity index (χ2v) is 12.2. The van der Waals surface area contributed by atoms with Gasteiger partial charge in [0.1, 0.15) is 18.1 Å². The number of rotatable bonds is 9. The highest BCUT2D eigenvalue weighted by atomic mass is 35.5. The average Bonchev–Trinajstić information content (AvgIpc) is 3.61. The summed E-state index contributed by atoms with van der Waals surface area (Å²) in [5.41, 5.74) is 1.06. The van der Waals surface area contributed by atoms with Gasteiger partial charge in [0.25, 0.3) is 0 Å². The van der Waals surface area contributed by atoms with Gasteiger partial charge in [-0.25, -0.2) is 8.42 Å². The number of methoxy groups -OCH3 is 1. The molecule has 5 rings (SSSR count). The van der Waals surface area contributed by atoms with E-state index in [1.807, 2.05) is 29.6 Å². The van der Waals surface area contributed by atoms with E-state index in [1.165, 1.54) is 21.3 Å². The number of carbonyl (C=O) groups excluding carboxylic acids is 1. The van der Waals surface area contributed by atoms with Crippen LogP contribution in [0, 0.1) is 0 Å². The highest BCUT2D eigenvalue weighted by Crippen LogP contribution is 2.36. The van der Waals surface area contributed by atoms with Crippen LogP contribution < -0.4 is 9.47 Å². The molecular weight excluding hydrogens is 520 g/mol. The summed E-state index contributed by atoms with van der Waals surface area (Å²) in [6, 6.07) is 15.0. The predicted octanol–water partition coefficient (Wildman–Crippen LogP) is 4.77. The van der Waals surface area contributed by atoms with E-state index in [2.05, 4.69) is 0 Å². The van der Waals surface area contributed by atoms with E-state index in [9.17, 15) is 13.2 Å². The summed E-state index contributed by atoms with van der Waals surface area (Å²) in [6.07, 6.45) is 2.23. The average molecular weight is 547 g/mol. The molecule has 3 aromatic rings. The molecule has 1 aromatic heterocycles. The number of nitrogens with zero attached hydrogens (tertiary/aromatic N) is 2. The Morgan fingerprint density at radius 2 is 1.89 bits per heavy atom. The molecule has 0 radical (unpaired) electrons. The van der Waals surface area contributed by atoms with Crippen molar-refractivity contribution in [3.05, 3.63) is 75.4 Å². The van der Waals surface area contributed by atoms with Gasteiger partial charge in [-0.05, 0) is 72.7 Å². The number of ether oxygens (including phenoxy) is 2. The Balaban J connectivity index is 1.37. The lowest BCUT2D eigenvalue weighted by Gasteiger charge is -2.37. The number of fused-ring (bicyclic) bond motifs is 1. The Bertz CT molecular complexity index is 1340. The van der Waals surface area contributed by atoms with E-state index >= 15 is 0 Å². The molecular formula is C26H27ClN2O5S2. The molecule has 0 bridgehead atoms. The molecule has 1 atom stereocenters. The van der Waals surface area contributed by atoms with E-state index in [1.54, 1.807) is 41.5 Å². The molecule has 1 unspecified atom stereocenters. The van der Waals surface area contributed by atoms with Crippen LogP contribution >= 0.6 is 22.9 Å². The summed E-state index contributed by atoms with van der Waals surface area (Å²) in [7, 11) is -2.24. The minimum Gasteiger partial charge on any atom is -0.497 e. The standard InChI is InChI=1S/C26H27ClN2O5S2/c1-33-20-3-2-4-21(15-20)34-17-24-23-12-14-35-25(23)11-13-28(24)26(30)16-29(19-7-8-19)36(31,32)22-9-5-18(27)6-10-22/h2-6,9-10,12,14-15,19,24H,7-8,11,13,16-17H2,1H3. The molecule has 1 fully saturated rings. The fourth-order valence-electron chi connectivity index (χ4n) is 4.48. The van der Waals surface area contributed by atoms with Crippen LogP contribution in [0.5, 0.6) is 11.5 Å². The second-order valence-electron chi connectivity index (χ2n) is 8.88. The topological polar surface area (TPSA) is 76.2 Å². The minimum atomic E-state index is -3.83. The zero-order valence-corrected chi connectivity index (χ0v) is 22.2. The zero-order valence-electron chi connectivity index (χ0n) is 19.8. The maximum Gasteiger partial charge on any atom is 0.243 e. The summed E-state index contributed by atoms with van der Waals surface area (Å²) >= 11 is 7.63. The summed E-state index contributed by atoms with van der Waals surface area (Å²) in [5, 5.41) is 2.49. The first-order valence-electron chi connectivity index (χ1n) is 11.8. The van der Waals surface area contributed by atoms with Gasteiger partial charge in [-0.1, -0.05) is 17.7 Å². The smallest absolute Gasteiger partial charge is 0.243 e. The van der Waals surface area contributed by atoms with Gasteiger partial charge >= 0.3 is 0 Å². The Morgan fingerprint density at radius 3 is 2.61 bits per heavy atom. The van der Waals surface area contributed by atoms with Crippen LogP contribution in [0.1, 0.15) is 29.3 Å². The molecule has 7 nitrogen and oxygen atoms in total. The lowest BCUT2D eigenvalue weighted by Crippen LogP contribution is -2.48. The van der Waals surface area contributed by atoms with Crippen LogP contribution in [0.2, 0.25) is 5.02 Å². The summed E-state index contributed by atoms with van der Waals surface area (Å²) < 4.78 is 39.6. The summed E-state index contributed by atoms with van der Waals surface area (Å²) in [6.45, 7) is 0.568. The van der Waals surface area contributed by atoms with Crippen LogP contribution in [-0.4, -0.2) is 56.4 Å². The normalized spacial score (nSPS) is 17.6. The molecule has 10 heteroatoms. The Kier molecular flexibility index (Phi) is 7.25. The van der Waals surface area contributed by atoms with Crippen molar-refractivity contribution >= 4 is 38.9 Å². The van der Waals surface area contributed by atoms with E-state index in [0.29, 0.717) is 23.1 Å². The van der Waals surface area contributed by atoms with Crippen molar-refractivity contribution in [1.29, 1.82) is 0 Å². The maximum atomic E-state index is 13.7. The molecule has 0 spiro atoms. The number of sulfonamides is 1. The predicted molar refractivity (Wildman–Crippen MR) is 139 cm³/mol. The van der Waals surface area contributed by atoms with E-state index in [0.717, 1.165) is 24.8 Å². The highest BCUT2D eigenvalue weighted by molar-refractivity contribution is 7.89. The van der Waals surface area contributed by atoms with E-state index < -0.39 is 10.0 Å². The van der Waals surface area contributed by atoms with Gasteiger partial charge in [0.15, 0.2) is 0 Å². The van der Waals surface area contributed by atoms with Crippen LogP contribution in [0.25, 0.3) is 0 Å². The molecule has 36 heavy (non-hydrogen) atoms. The molecule has 2 aliphatic rings. The Labute approximate surface area is 220 Å². The summed E-state index contributed by atoms with van der Waals surface area (Å²) in [5.74, 6) is 1.11. The third-order valence-corrected chi connectivity index (χ3v) is 9.69. The number of thiophene rings is 1. The third kappa shape index (κ3) is 5.25. The van der Waals surface area contributed by atoms with Gasteiger partial charge in [-0.15, -0.1) is 11.3 Å². The third-order valence-electron chi connectivity index (χ3n) is 6.53.